The van der Waals surface area contributed by atoms with Crippen LogP contribution in [0, 0.1) is 0 Å². The molecule has 0 bridgehead atoms. The Hall–Kier alpha value is -1.80. The third kappa shape index (κ3) is 3.89. The molecule has 2 nitrogen and oxygen atoms in total. The van der Waals surface area contributed by atoms with E-state index in [1.807, 2.05) is 0 Å². The maximum Gasteiger partial charge on any atom is 0.122 e. The summed E-state index contributed by atoms with van der Waals surface area (Å²) in [6.45, 7) is 2.00. The van der Waals surface area contributed by atoms with Crippen molar-refractivity contribution in [3.63, 3.8) is 0 Å². The maximum absolute atomic E-state index is 6.14. The monoisotopic (exact) mass is 295 g/mol. The van der Waals surface area contributed by atoms with Crippen LogP contribution in [0.2, 0.25) is 0 Å². The van der Waals surface area contributed by atoms with Gasteiger partial charge in [-0.15, -0.1) is 0 Å². The number of rotatable bonds is 6. The molecule has 1 heterocycles. The Morgan fingerprint density at radius 3 is 2.55 bits per heavy atom. The van der Waals surface area contributed by atoms with Crippen LogP contribution in [0.4, 0.5) is 0 Å². The van der Waals surface area contributed by atoms with Crippen LogP contribution in [0.15, 0.2) is 54.6 Å². The second kappa shape index (κ2) is 7.46. The molecule has 1 aliphatic rings. The second-order valence-corrected chi connectivity index (χ2v) is 6.18. The van der Waals surface area contributed by atoms with Gasteiger partial charge in [-0.2, -0.15) is 0 Å². The highest BCUT2D eigenvalue weighted by atomic mass is 16.5. The van der Waals surface area contributed by atoms with E-state index in [2.05, 4.69) is 66.5 Å². The summed E-state index contributed by atoms with van der Waals surface area (Å²) in [7, 11) is 2.20. The fraction of sp³-hybridized carbons (Fsp3) is 0.400. The summed E-state index contributed by atoms with van der Waals surface area (Å²) in [6, 6.07) is 19.7. The van der Waals surface area contributed by atoms with E-state index in [-0.39, 0.29) is 0 Å². The zero-order chi connectivity index (χ0) is 15.2. The largest absolute Gasteiger partial charge is 0.492 e. The molecule has 1 fully saturated rings. The number of likely N-dealkylation sites (N-methyl/N-ethyl adjacent to an activating group) is 1. The Labute approximate surface area is 133 Å². The molecule has 116 valence electrons. The highest BCUT2D eigenvalue weighted by Gasteiger charge is 2.21. The number of benzene rings is 2. The predicted molar refractivity (Wildman–Crippen MR) is 91.4 cm³/mol. The first-order valence-corrected chi connectivity index (χ1v) is 8.28. The smallest absolute Gasteiger partial charge is 0.122 e. The topological polar surface area (TPSA) is 12.5 Å². The van der Waals surface area contributed by atoms with E-state index in [4.69, 9.17) is 4.74 Å². The lowest BCUT2D eigenvalue weighted by atomic mass is 10.0. The van der Waals surface area contributed by atoms with Crippen LogP contribution in [0.3, 0.4) is 0 Å². The molecular formula is C20H25NO. The average Bonchev–Trinajstić information content (AvgIpc) is 2.98. The molecule has 1 atom stereocenters. The van der Waals surface area contributed by atoms with Crippen LogP contribution in [0.1, 0.15) is 24.0 Å². The SMILES string of the molecule is CN1CCCC1COc1ccccc1CCc1ccccc1. The quantitative estimate of drug-likeness (QED) is 0.800. The summed E-state index contributed by atoms with van der Waals surface area (Å²) in [5, 5.41) is 0. The molecule has 1 aliphatic heterocycles. The normalized spacial score (nSPS) is 18.5. The van der Waals surface area contributed by atoms with Crippen molar-refractivity contribution >= 4 is 0 Å². The summed E-state index contributed by atoms with van der Waals surface area (Å²) in [5.74, 6) is 1.05. The number of likely N-dealkylation sites (tertiary alicyclic amines) is 1. The standard InChI is InChI=1S/C20H25NO/c1-21-15-7-11-19(21)16-22-20-12-6-5-10-18(20)14-13-17-8-3-2-4-9-17/h2-6,8-10,12,19H,7,11,13-16H2,1H3. The Morgan fingerprint density at radius 2 is 1.77 bits per heavy atom. The predicted octanol–water partition coefficient (Wildman–Crippen LogP) is 3.94. The summed E-state index contributed by atoms with van der Waals surface area (Å²) >= 11 is 0. The van der Waals surface area contributed by atoms with Crippen molar-refractivity contribution in [1.29, 1.82) is 0 Å². The van der Waals surface area contributed by atoms with Gasteiger partial charge >= 0.3 is 0 Å². The fourth-order valence-corrected chi connectivity index (χ4v) is 3.15. The molecule has 0 aliphatic carbocycles. The molecule has 0 amide bonds. The zero-order valence-electron chi connectivity index (χ0n) is 13.4. The van der Waals surface area contributed by atoms with Crippen LogP contribution in [-0.4, -0.2) is 31.1 Å². The third-order valence-corrected chi connectivity index (χ3v) is 4.60. The van der Waals surface area contributed by atoms with E-state index in [1.54, 1.807) is 0 Å². The van der Waals surface area contributed by atoms with E-state index < -0.39 is 0 Å². The van der Waals surface area contributed by atoms with Gasteiger partial charge in [-0.05, 0) is 56.5 Å². The minimum Gasteiger partial charge on any atom is -0.492 e. The van der Waals surface area contributed by atoms with Gasteiger partial charge in [-0.3, -0.25) is 0 Å². The van der Waals surface area contributed by atoms with E-state index in [0.29, 0.717) is 6.04 Å². The molecule has 2 aromatic rings. The summed E-state index contributed by atoms with van der Waals surface area (Å²) in [6.07, 6.45) is 4.63. The van der Waals surface area contributed by atoms with Gasteiger partial charge in [0.1, 0.15) is 12.4 Å². The van der Waals surface area contributed by atoms with Crippen LogP contribution < -0.4 is 4.74 Å². The molecule has 3 rings (SSSR count). The van der Waals surface area contributed by atoms with Crippen molar-refractivity contribution in [2.45, 2.75) is 31.7 Å². The summed E-state index contributed by atoms with van der Waals surface area (Å²) in [5.41, 5.74) is 2.69. The van der Waals surface area contributed by atoms with Gasteiger partial charge in [0.2, 0.25) is 0 Å². The number of nitrogens with zero attached hydrogens (tertiary/aromatic N) is 1. The van der Waals surface area contributed by atoms with Gasteiger partial charge in [-0.1, -0.05) is 48.5 Å². The Balaban J connectivity index is 1.60. The molecule has 2 aromatic carbocycles. The number of hydrogen-bond acceptors (Lipinski definition) is 2. The van der Waals surface area contributed by atoms with Crippen molar-refractivity contribution in [2.75, 3.05) is 20.2 Å². The lowest BCUT2D eigenvalue weighted by Crippen LogP contribution is -2.30. The average molecular weight is 295 g/mol. The van der Waals surface area contributed by atoms with Gasteiger partial charge in [0, 0.05) is 6.04 Å². The Kier molecular flexibility index (Phi) is 5.12. The summed E-state index contributed by atoms with van der Waals surface area (Å²) < 4.78 is 6.14. The second-order valence-electron chi connectivity index (χ2n) is 6.18. The third-order valence-electron chi connectivity index (χ3n) is 4.60. The van der Waals surface area contributed by atoms with Gasteiger partial charge in [0.15, 0.2) is 0 Å². The van der Waals surface area contributed by atoms with E-state index in [0.717, 1.165) is 25.2 Å². The molecule has 22 heavy (non-hydrogen) atoms. The zero-order valence-corrected chi connectivity index (χ0v) is 13.4. The first-order chi connectivity index (χ1) is 10.8. The number of aryl methyl sites for hydroxylation is 2. The molecular weight excluding hydrogens is 270 g/mol. The van der Waals surface area contributed by atoms with Crippen molar-refractivity contribution in [2.24, 2.45) is 0 Å². The fourth-order valence-electron chi connectivity index (χ4n) is 3.15. The Morgan fingerprint density at radius 1 is 1.00 bits per heavy atom. The molecule has 0 spiro atoms. The lowest BCUT2D eigenvalue weighted by molar-refractivity contribution is 0.197. The van der Waals surface area contributed by atoms with Crippen LogP contribution >= 0.6 is 0 Å². The molecule has 2 heteroatoms. The highest BCUT2D eigenvalue weighted by molar-refractivity contribution is 5.34. The Bertz CT molecular complexity index is 581. The first kappa shape index (κ1) is 15.1. The van der Waals surface area contributed by atoms with E-state index in [9.17, 15) is 0 Å². The van der Waals surface area contributed by atoms with Crippen LogP contribution in [-0.2, 0) is 12.8 Å². The van der Waals surface area contributed by atoms with Gasteiger partial charge in [-0.25, -0.2) is 0 Å². The number of para-hydroxylation sites is 1. The van der Waals surface area contributed by atoms with Gasteiger partial charge in [0.25, 0.3) is 0 Å². The van der Waals surface area contributed by atoms with Crippen molar-refractivity contribution < 1.29 is 4.74 Å². The van der Waals surface area contributed by atoms with Crippen LogP contribution in [0.25, 0.3) is 0 Å². The van der Waals surface area contributed by atoms with E-state index >= 15 is 0 Å². The molecule has 0 saturated carbocycles. The molecule has 0 N–H and O–H groups in total. The van der Waals surface area contributed by atoms with E-state index in [1.165, 1.54) is 30.5 Å². The minimum atomic E-state index is 0.571. The van der Waals surface area contributed by atoms with Gasteiger partial charge < -0.3 is 9.64 Å². The number of ether oxygens (including phenoxy) is 1. The van der Waals surface area contributed by atoms with Crippen molar-refractivity contribution in [1.82, 2.24) is 4.90 Å². The minimum absolute atomic E-state index is 0.571. The molecule has 0 aromatic heterocycles. The number of hydrogen-bond donors (Lipinski definition) is 0. The molecule has 1 unspecified atom stereocenters. The van der Waals surface area contributed by atoms with Gasteiger partial charge in [0.05, 0.1) is 0 Å². The highest BCUT2D eigenvalue weighted by Crippen LogP contribution is 2.22. The van der Waals surface area contributed by atoms with Crippen LogP contribution in [0.5, 0.6) is 5.75 Å². The summed E-state index contributed by atoms with van der Waals surface area (Å²) in [4.78, 5) is 2.41. The maximum atomic E-state index is 6.14. The molecule has 0 radical (unpaired) electrons. The van der Waals surface area contributed by atoms with Crippen molar-refractivity contribution in [3.8, 4) is 5.75 Å². The lowest BCUT2D eigenvalue weighted by Gasteiger charge is -2.20. The van der Waals surface area contributed by atoms with Crippen molar-refractivity contribution in [3.05, 3.63) is 65.7 Å². The first-order valence-electron chi connectivity index (χ1n) is 8.28. The molecule has 1 saturated heterocycles.